The van der Waals surface area contributed by atoms with Gasteiger partial charge in [0.2, 0.25) is 5.06 Å². The van der Waals surface area contributed by atoms with Gasteiger partial charge in [-0.15, -0.1) is 0 Å². The van der Waals surface area contributed by atoms with E-state index in [2.05, 4.69) is 10.5 Å². The molecule has 0 atom stereocenters. The minimum atomic E-state index is -0.343. The molecular formula is C3H2NO2S. The molecule has 0 bridgehead atoms. The molecule has 37 valence electrons. The number of thiazole rings is 1. The molecule has 0 aliphatic carbocycles. The Bertz CT molecular complexity index is 145. The van der Waals surface area contributed by atoms with E-state index in [4.69, 9.17) is 10.2 Å². The molecule has 7 heavy (non-hydrogen) atoms. The summed E-state index contributed by atoms with van der Waals surface area (Å²) in [5, 5.41) is 16.6. The van der Waals surface area contributed by atoms with Gasteiger partial charge in [0.15, 0.2) is 5.51 Å². The van der Waals surface area contributed by atoms with Gasteiger partial charge in [-0.2, -0.15) is 4.98 Å². The van der Waals surface area contributed by atoms with Crippen molar-refractivity contribution in [1.82, 2.24) is 4.98 Å². The van der Waals surface area contributed by atoms with Crippen LogP contribution in [0.25, 0.3) is 0 Å². The summed E-state index contributed by atoms with van der Waals surface area (Å²) < 4.78 is 0. The largest absolute Gasteiger partial charge is 0.496 e. The summed E-state index contributed by atoms with van der Waals surface area (Å²) >= 11 is 0.874. The molecule has 3 nitrogen and oxygen atoms in total. The van der Waals surface area contributed by atoms with Crippen LogP contribution < -0.4 is 0 Å². The van der Waals surface area contributed by atoms with E-state index in [-0.39, 0.29) is 10.9 Å². The number of hydrogen-bond acceptors (Lipinski definition) is 4. The van der Waals surface area contributed by atoms with Crippen LogP contribution in [0.3, 0.4) is 0 Å². The van der Waals surface area contributed by atoms with Crippen molar-refractivity contribution >= 4 is 11.3 Å². The van der Waals surface area contributed by atoms with Crippen LogP contribution >= 0.6 is 11.3 Å². The lowest BCUT2D eigenvalue weighted by atomic mass is 10.9. The fourth-order valence-electron chi connectivity index (χ4n) is 0.203. The summed E-state index contributed by atoms with van der Waals surface area (Å²) in [7, 11) is 0. The first-order chi connectivity index (χ1) is 3.30. The fourth-order valence-corrected chi connectivity index (χ4v) is 0.558. The maximum Gasteiger partial charge on any atom is 0.267 e. The summed E-state index contributed by atoms with van der Waals surface area (Å²) in [5.74, 6) is -0.343. The van der Waals surface area contributed by atoms with E-state index in [1.165, 1.54) is 0 Å². The van der Waals surface area contributed by atoms with Crippen molar-refractivity contribution in [3.63, 3.8) is 0 Å². The molecule has 0 unspecified atom stereocenters. The fraction of sp³-hybridized carbons (Fsp3) is 0. The standard InChI is InChI=1S/C3H2NO2S/c5-2-3(6)7-1-4-2/h5-6H. The first-order valence-electron chi connectivity index (χ1n) is 1.55. The molecule has 1 radical (unpaired) electrons. The SMILES string of the molecule is Oc1n[c]sc1O. The molecule has 0 saturated carbocycles. The molecule has 0 aliphatic rings. The molecule has 0 saturated heterocycles. The van der Waals surface area contributed by atoms with Gasteiger partial charge in [-0.3, -0.25) is 0 Å². The molecule has 1 aromatic heterocycles. The molecule has 0 amide bonds. The zero-order valence-electron chi connectivity index (χ0n) is 3.25. The van der Waals surface area contributed by atoms with Gasteiger partial charge in [0.25, 0.3) is 5.88 Å². The van der Waals surface area contributed by atoms with Crippen LogP contribution in [-0.4, -0.2) is 15.2 Å². The van der Waals surface area contributed by atoms with E-state index in [1.54, 1.807) is 0 Å². The van der Waals surface area contributed by atoms with Crippen molar-refractivity contribution in [3.05, 3.63) is 5.51 Å². The van der Waals surface area contributed by atoms with Gasteiger partial charge in [-0.1, -0.05) is 11.3 Å². The second-order valence-corrected chi connectivity index (χ2v) is 1.71. The third kappa shape index (κ3) is 0.640. The number of aromatic nitrogens is 1. The third-order valence-electron chi connectivity index (χ3n) is 0.485. The van der Waals surface area contributed by atoms with Gasteiger partial charge in [0.05, 0.1) is 0 Å². The minimum Gasteiger partial charge on any atom is -0.496 e. The molecular weight excluding hydrogens is 114 g/mol. The van der Waals surface area contributed by atoms with Crippen molar-refractivity contribution in [1.29, 1.82) is 0 Å². The molecule has 0 aliphatic heterocycles. The Morgan fingerprint density at radius 3 is 2.43 bits per heavy atom. The number of aromatic hydroxyl groups is 2. The predicted octanol–water partition coefficient (Wildman–Crippen LogP) is 0.354. The lowest BCUT2D eigenvalue weighted by Crippen LogP contribution is -1.56. The van der Waals surface area contributed by atoms with Crippen molar-refractivity contribution < 1.29 is 10.2 Å². The van der Waals surface area contributed by atoms with Crippen LogP contribution in [0.2, 0.25) is 0 Å². The van der Waals surface area contributed by atoms with E-state index in [0.29, 0.717) is 0 Å². The van der Waals surface area contributed by atoms with Gasteiger partial charge < -0.3 is 10.2 Å². The lowest BCUT2D eigenvalue weighted by molar-refractivity contribution is 0.401. The van der Waals surface area contributed by atoms with Gasteiger partial charge >= 0.3 is 0 Å². The highest BCUT2D eigenvalue weighted by Crippen LogP contribution is 2.25. The Morgan fingerprint density at radius 1 is 1.57 bits per heavy atom. The van der Waals surface area contributed by atoms with Crippen LogP contribution in [0.4, 0.5) is 0 Å². The topological polar surface area (TPSA) is 53.4 Å². The Kier molecular flexibility index (Phi) is 0.867. The predicted molar refractivity (Wildman–Crippen MR) is 24.3 cm³/mol. The van der Waals surface area contributed by atoms with Crippen molar-refractivity contribution in [3.8, 4) is 10.9 Å². The van der Waals surface area contributed by atoms with Crippen LogP contribution in [0.5, 0.6) is 10.9 Å². The summed E-state index contributed by atoms with van der Waals surface area (Å²) in [6, 6.07) is 0. The first kappa shape index (κ1) is 4.39. The summed E-state index contributed by atoms with van der Waals surface area (Å²) in [6.07, 6.45) is 0. The van der Waals surface area contributed by atoms with Crippen LogP contribution in [0.1, 0.15) is 0 Å². The normalized spacial score (nSPS) is 9.14. The molecule has 0 fully saturated rings. The Labute approximate surface area is 43.9 Å². The van der Waals surface area contributed by atoms with Gasteiger partial charge in [0.1, 0.15) is 0 Å². The Hall–Kier alpha value is -0.770. The highest BCUT2D eigenvalue weighted by atomic mass is 32.1. The Balaban J connectivity index is 3.12. The zero-order valence-corrected chi connectivity index (χ0v) is 4.07. The third-order valence-corrected chi connectivity index (χ3v) is 1.04. The van der Waals surface area contributed by atoms with E-state index in [1.807, 2.05) is 0 Å². The van der Waals surface area contributed by atoms with Gasteiger partial charge in [-0.05, 0) is 0 Å². The second kappa shape index (κ2) is 1.38. The monoisotopic (exact) mass is 116 g/mol. The van der Waals surface area contributed by atoms with Crippen molar-refractivity contribution in [2.24, 2.45) is 0 Å². The van der Waals surface area contributed by atoms with Crippen LogP contribution in [0, 0.1) is 5.51 Å². The van der Waals surface area contributed by atoms with Gasteiger partial charge in [-0.25, -0.2) is 0 Å². The van der Waals surface area contributed by atoms with Crippen LogP contribution in [-0.2, 0) is 0 Å². The molecule has 1 heterocycles. The molecule has 4 heteroatoms. The van der Waals surface area contributed by atoms with E-state index in [9.17, 15) is 0 Å². The lowest BCUT2D eigenvalue weighted by Gasteiger charge is -1.76. The maximum absolute atomic E-state index is 8.43. The molecule has 0 spiro atoms. The quantitative estimate of drug-likeness (QED) is 0.514. The molecule has 1 rings (SSSR count). The van der Waals surface area contributed by atoms with Crippen molar-refractivity contribution in [2.45, 2.75) is 0 Å². The zero-order chi connectivity index (χ0) is 5.28. The smallest absolute Gasteiger partial charge is 0.267 e. The van der Waals surface area contributed by atoms with E-state index < -0.39 is 0 Å². The molecule has 0 aromatic carbocycles. The number of nitrogens with zero attached hydrogens (tertiary/aromatic N) is 1. The average Bonchev–Trinajstić information content (AvgIpc) is 1.91. The summed E-state index contributed by atoms with van der Waals surface area (Å²) in [5.41, 5.74) is 2.29. The number of rotatable bonds is 0. The first-order valence-corrected chi connectivity index (χ1v) is 2.37. The van der Waals surface area contributed by atoms with E-state index in [0.717, 1.165) is 11.3 Å². The maximum atomic E-state index is 8.43. The van der Waals surface area contributed by atoms with E-state index >= 15 is 0 Å². The molecule has 1 aromatic rings. The van der Waals surface area contributed by atoms with Gasteiger partial charge in [0, 0.05) is 0 Å². The minimum absolute atomic E-state index is 0.181. The summed E-state index contributed by atoms with van der Waals surface area (Å²) in [6.45, 7) is 0. The summed E-state index contributed by atoms with van der Waals surface area (Å²) in [4.78, 5) is 3.22. The van der Waals surface area contributed by atoms with Crippen molar-refractivity contribution in [2.75, 3.05) is 0 Å². The Morgan fingerprint density at radius 2 is 2.29 bits per heavy atom. The number of hydrogen-bond donors (Lipinski definition) is 2. The highest BCUT2D eigenvalue weighted by molar-refractivity contribution is 7.11. The van der Waals surface area contributed by atoms with Crippen LogP contribution in [0.15, 0.2) is 0 Å². The highest BCUT2D eigenvalue weighted by Gasteiger charge is 1.97. The molecule has 2 N–H and O–H groups in total. The second-order valence-electron chi connectivity index (χ2n) is 0.934. The average molecular weight is 116 g/mol.